The molecule has 0 aliphatic rings. The third kappa shape index (κ3) is 4.58. The summed E-state index contributed by atoms with van der Waals surface area (Å²) in [5.74, 6) is -1.28. The van der Waals surface area contributed by atoms with E-state index in [1.807, 2.05) is 13.8 Å². The Bertz CT molecular complexity index is 376. The predicted octanol–water partition coefficient (Wildman–Crippen LogP) is -0.711. The Morgan fingerprint density at radius 1 is 1.47 bits per heavy atom. The number of hydrogen-bond donors (Lipinski definition) is 2. The second-order valence-electron chi connectivity index (χ2n) is 4.10. The average molecular weight is 241 g/mol. The summed E-state index contributed by atoms with van der Waals surface area (Å²) in [6.07, 6.45) is 1.68. The fraction of sp³-hybridized carbons (Fsp3) is 0.667. The zero-order valence-corrected chi connectivity index (χ0v) is 9.70. The average Bonchev–Trinajstić information content (AvgIpc) is 2.68. The fourth-order valence-corrected chi connectivity index (χ4v) is 1.33. The minimum absolute atomic E-state index is 0.0884. The molecule has 0 saturated heterocycles. The summed E-state index contributed by atoms with van der Waals surface area (Å²) in [6.45, 7) is 3.70. The standard InChI is InChI=1S/C9H15N5O3/c1-6(2)3-7(9(16)17)11-8(15)4-14-5-10-12-13-14/h5-7H,3-4H2,1-2H3,(H,11,15)(H,16,17)/t7-/m0/s1. The van der Waals surface area contributed by atoms with Gasteiger partial charge in [0.1, 0.15) is 18.9 Å². The second-order valence-corrected chi connectivity index (χ2v) is 4.10. The number of aliphatic carboxylic acids is 1. The number of amides is 1. The number of aromatic nitrogens is 4. The van der Waals surface area contributed by atoms with E-state index >= 15 is 0 Å². The summed E-state index contributed by atoms with van der Waals surface area (Å²) in [5, 5.41) is 21.6. The van der Waals surface area contributed by atoms with Crippen molar-refractivity contribution in [2.75, 3.05) is 0 Å². The number of carboxylic acid groups (broad SMARTS) is 1. The molecular formula is C9H15N5O3. The smallest absolute Gasteiger partial charge is 0.326 e. The van der Waals surface area contributed by atoms with Crippen LogP contribution in [0, 0.1) is 5.92 Å². The maximum absolute atomic E-state index is 11.5. The van der Waals surface area contributed by atoms with E-state index in [-0.39, 0.29) is 12.5 Å². The van der Waals surface area contributed by atoms with Gasteiger partial charge < -0.3 is 10.4 Å². The first-order valence-electron chi connectivity index (χ1n) is 5.22. The monoisotopic (exact) mass is 241 g/mol. The zero-order chi connectivity index (χ0) is 12.8. The lowest BCUT2D eigenvalue weighted by molar-refractivity contribution is -0.142. The summed E-state index contributed by atoms with van der Waals surface area (Å²) < 4.78 is 1.23. The van der Waals surface area contributed by atoms with Crippen LogP contribution in [0.15, 0.2) is 6.33 Å². The molecule has 1 rings (SSSR count). The molecule has 8 heteroatoms. The largest absolute Gasteiger partial charge is 0.480 e. The van der Waals surface area contributed by atoms with Crippen LogP contribution in [-0.2, 0) is 16.1 Å². The van der Waals surface area contributed by atoms with Crippen molar-refractivity contribution in [2.24, 2.45) is 5.92 Å². The van der Waals surface area contributed by atoms with Gasteiger partial charge in [0.15, 0.2) is 0 Å². The topological polar surface area (TPSA) is 110 Å². The number of rotatable bonds is 6. The van der Waals surface area contributed by atoms with Crippen molar-refractivity contribution in [3.63, 3.8) is 0 Å². The van der Waals surface area contributed by atoms with Crippen LogP contribution >= 0.6 is 0 Å². The van der Waals surface area contributed by atoms with Crippen molar-refractivity contribution in [3.8, 4) is 0 Å². The fourth-order valence-electron chi connectivity index (χ4n) is 1.33. The highest BCUT2D eigenvalue weighted by atomic mass is 16.4. The first-order valence-corrected chi connectivity index (χ1v) is 5.22. The van der Waals surface area contributed by atoms with Crippen LogP contribution < -0.4 is 5.32 Å². The second kappa shape index (κ2) is 5.92. The van der Waals surface area contributed by atoms with E-state index in [0.29, 0.717) is 6.42 Å². The summed E-state index contributed by atoms with van der Waals surface area (Å²) in [7, 11) is 0. The Morgan fingerprint density at radius 2 is 2.18 bits per heavy atom. The number of nitrogens with zero attached hydrogens (tertiary/aromatic N) is 4. The van der Waals surface area contributed by atoms with Gasteiger partial charge in [-0.2, -0.15) is 0 Å². The molecule has 1 amide bonds. The Balaban J connectivity index is 2.49. The maximum Gasteiger partial charge on any atom is 0.326 e. The minimum Gasteiger partial charge on any atom is -0.480 e. The highest BCUT2D eigenvalue weighted by Crippen LogP contribution is 2.04. The Morgan fingerprint density at radius 3 is 2.65 bits per heavy atom. The molecule has 1 aromatic heterocycles. The van der Waals surface area contributed by atoms with Crippen molar-refractivity contribution < 1.29 is 14.7 Å². The summed E-state index contributed by atoms with van der Waals surface area (Å²) in [6, 6.07) is -0.876. The Kier molecular flexibility index (Phi) is 4.56. The van der Waals surface area contributed by atoms with Crippen molar-refractivity contribution in [3.05, 3.63) is 6.33 Å². The van der Waals surface area contributed by atoms with Gasteiger partial charge in [-0.1, -0.05) is 13.8 Å². The lowest BCUT2D eigenvalue weighted by Crippen LogP contribution is -2.43. The zero-order valence-electron chi connectivity index (χ0n) is 9.70. The van der Waals surface area contributed by atoms with Gasteiger partial charge in [-0.25, -0.2) is 9.48 Å². The summed E-state index contributed by atoms with van der Waals surface area (Å²) in [4.78, 5) is 22.4. The van der Waals surface area contributed by atoms with Crippen LogP contribution in [0.5, 0.6) is 0 Å². The van der Waals surface area contributed by atoms with Crippen molar-refractivity contribution in [1.29, 1.82) is 0 Å². The molecule has 0 saturated carbocycles. The molecule has 0 unspecified atom stereocenters. The number of carbonyl (C=O) groups is 2. The number of hydrogen-bond acceptors (Lipinski definition) is 5. The highest BCUT2D eigenvalue weighted by molar-refractivity contribution is 5.83. The summed E-state index contributed by atoms with van der Waals surface area (Å²) >= 11 is 0. The van der Waals surface area contributed by atoms with E-state index in [1.54, 1.807) is 0 Å². The van der Waals surface area contributed by atoms with E-state index in [4.69, 9.17) is 5.11 Å². The molecule has 1 aromatic rings. The quantitative estimate of drug-likeness (QED) is 0.680. The van der Waals surface area contributed by atoms with Gasteiger partial charge in [0.25, 0.3) is 0 Å². The van der Waals surface area contributed by atoms with Crippen LogP contribution in [0.25, 0.3) is 0 Å². The molecule has 17 heavy (non-hydrogen) atoms. The number of carbonyl (C=O) groups excluding carboxylic acids is 1. The normalized spacial score (nSPS) is 12.4. The van der Waals surface area contributed by atoms with Gasteiger partial charge in [0.05, 0.1) is 0 Å². The molecule has 0 bridgehead atoms. The molecule has 0 aliphatic heterocycles. The van der Waals surface area contributed by atoms with Crippen molar-refractivity contribution >= 4 is 11.9 Å². The molecule has 8 nitrogen and oxygen atoms in total. The number of carboxylic acids is 1. The molecule has 1 heterocycles. The van der Waals surface area contributed by atoms with Gasteiger partial charge in [-0.3, -0.25) is 4.79 Å². The lowest BCUT2D eigenvalue weighted by Gasteiger charge is -2.16. The minimum atomic E-state index is -1.04. The third-order valence-electron chi connectivity index (χ3n) is 2.04. The molecule has 0 spiro atoms. The molecule has 0 fully saturated rings. The number of nitrogens with one attached hydrogen (secondary N) is 1. The van der Waals surface area contributed by atoms with Crippen molar-refractivity contribution in [2.45, 2.75) is 32.9 Å². The van der Waals surface area contributed by atoms with Gasteiger partial charge in [0.2, 0.25) is 5.91 Å². The van der Waals surface area contributed by atoms with E-state index in [0.717, 1.165) is 0 Å². The lowest BCUT2D eigenvalue weighted by atomic mass is 10.0. The third-order valence-corrected chi connectivity index (χ3v) is 2.04. The van der Waals surface area contributed by atoms with Crippen molar-refractivity contribution in [1.82, 2.24) is 25.5 Å². The Hall–Kier alpha value is -1.99. The van der Waals surface area contributed by atoms with Gasteiger partial charge >= 0.3 is 5.97 Å². The maximum atomic E-state index is 11.5. The molecule has 94 valence electrons. The van der Waals surface area contributed by atoms with Crippen LogP contribution in [0.1, 0.15) is 20.3 Å². The van der Waals surface area contributed by atoms with Crippen LogP contribution in [0.4, 0.5) is 0 Å². The highest BCUT2D eigenvalue weighted by Gasteiger charge is 2.21. The molecule has 2 N–H and O–H groups in total. The SMILES string of the molecule is CC(C)C[C@H](NC(=O)Cn1cnnn1)C(=O)O. The first-order chi connectivity index (χ1) is 7.99. The molecular weight excluding hydrogens is 226 g/mol. The van der Waals surface area contributed by atoms with E-state index in [9.17, 15) is 9.59 Å². The Labute approximate surface area is 98.0 Å². The first kappa shape index (κ1) is 13.1. The van der Waals surface area contributed by atoms with E-state index in [1.165, 1.54) is 11.0 Å². The van der Waals surface area contributed by atoms with Gasteiger partial charge in [0, 0.05) is 0 Å². The van der Waals surface area contributed by atoms with Crippen LogP contribution in [-0.4, -0.2) is 43.2 Å². The van der Waals surface area contributed by atoms with Gasteiger partial charge in [-0.15, -0.1) is 5.10 Å². The van der Waals surface area contributed by atoms with E-state index < -0.39 is 17.9 Å². The molecule has 0 aliphatic carbocycles. The summed E-state index contributed by atoms with van der Waals surface area (Å²) in [5.41, 5.74) is 0. The molecule has 0 aromatic carbocycles. The van der Waals surface area contributed by atoms with E-state index in [2.05, 4.69) is 20.8 Å². The van der Waals surface area contributed by atoms with Gasteiger partial charge in [-0.05, 0) is 22.8 Å². The molecule has 1 atom stereocenters. The predicted molar refractivity (Wildman–Crippen MR) is 56.8 cm³/mol. The van der Waals surface area contributed by atoms with Crippen LogP contribution in [0.2, 0.25) is 0 Å². The van der Waals surface area contributed by atoms with Crippen LogP contribution in [0.3, 0.4) is 0 Å². The number of tetrazole rings is 1. The molecule has 0 radical (unpaired) electrons.